The summed E-state index contributed by atoms with van der Waals surface area (Å²) in [5.74, 6) is -4.75. The van der Waals surface area contributed by atoms with E-state index < -0.39 is 66.3 Å². The number of rotatable bonds is 18. The fourth-order valence-corrected chi connectivity index (χ4v) is 3.01. The SMILES string of the molecule is CC(O)C(NC(=O)C(CCCCN)NC(=O)C(CC(N)=O)NC(=O)C(N)CCCCN)C(=O)O. The minimum Gasteiger partial charge on any atom is -0.480 e. The molecule has 13 N–H and O–H groups in total. The summed E-state index contributed by atoms with van der Waals surface area (Å²) in [5, 5.41) is 25.8. The van der Waals surface area contributed by atoms with Gasteiger partial charge in [-0.1, -0.05) is 6.42 Å². The third-order valence-corrected chi connectivity index (χ3v) is 4.97. The average Bonchev–Trinajstić information content (AvgIpc) is 2.75. The van der Waals surface area contributed by atoms with Crippen LogP contribution in [0.3, 0.4) is 0 Å². The zero-order chi connectivity index (χ0) is 26.3. The number of carboxylic acids is 1. The van der Waals surface area contributed by atoms with Crippen molar-refractivity contribution in [3.05, 3.63) is 0 Å². The van der Waals surface area contributed by atoms with Crippen molar-refractivity contribution >= 4 is 29.6 Å². The predicted octanol–water partition coefficient (Wildman–Crippen LogP) is -3.63. The van der Waals surface area contributed by atoms with Gasteiger partial charge in [-0.15, -0.1) is 0 Å². The molecule has 0 saturated carbocycles. The van der Waals surface area contributed by atoms with Crippen LogP contribution >= 0.6 is 0 Å². The Labute approximate surface area is 198 Å². The fraction of sp³-hybridized carbons (Fsp3) is 0.750. The number of hydrogen-bond donors (Lipinski definition) is 9. The molecule has 196 valence electrons. The van der Waals surface area contributed by atoms with Crippen molar-refractivity contribution in [2.45, 2.75) is 82.1 Å². The highest BCUT2D eigenvalue weighted by molar-refractivity contribution is 5.96. The first-order valence-electron chi connectivity index (χ1n) is 11.2. The molecule has 0 fully saturated rings. The van der Waals surface area contributed by atoms with Crippen molar-refractivity contribution < 1.29 is 34.2 Å². The van der Waals surface area contributed by atoms with E-state index in [-0.39, 0.29) is 6.42 Å². The van der Waals surface area contributed by atoms with Crippen LogP contribution in [0.25, 0.3) is 0 Å². The Morgan fingerprint density at radius 1 is 0.794 bits per heavy atom. The van der Waals surface area contributed by atoms with Crippen LogP contribution in [0.15, 0.2) is 0 Å². The van der Waals surface area contributed by atoms with Gasteiger partial charge in [0, 0.05) is 0 Å². The Morgan fingerprint density at radius 3 is 1.76 bits per heavy atom. The van der Waals surface area contributed by atoms with E-state index in [1.54, 1.807) is 0 Å². The van der Waals surface area contributed by atoms with Gasteiger partial charge in [-0.2, -0.15) is 0 Å². The van der Waals surface area contributed by atoms with E-state index in [1.165, 1.54) is 6.92 Å². The van der Waals surface area contributed by atoms with Gasteiger partial charge in [0.1, 0.15) is 12.1 Å². The number of hydrogen-bond acceptors (Lipinski definition) is 9. The molecular weight excluding hydrogens is 450 g/mol. The summed E-state index contributed by atoms with van der Waals surface area (Å²) in [6.07, 6.45) is 0.660. The summed E-state index contributed by atoms with van der Waals surface area (Å²) < 4.78 is 0. The summed E-state index contributed by atoms with van der Waals surface area (Å²) >= 11 is 0. The second-order valence-corrected chi connectivity index (χ2v) is 8.03. The van der Waals surface area contributed by atoms with Crippen LogP contribution < -0.4 is 38.9 Å². The number of aliphatic hydroxyl groups is 1. The third-order valence-electron chi connectivity index (χ3n) is 4.97. The first-order chi connectivity index (χ1) is 15.9. The normalized spacial score (nSPS) is 15.3. The molecule has 34 heavy (non-hydrogen) atoms. The molecule has 14 nitrogen and oxygen atoms in total. The second-order valence-electron chi connectivity index (χ2n) is 8.03. The lowest BCUT2D eigenvalue weighted by atomic mass is 10.0. The highest BCUT2D eigenvalue weighted by Gasteiger charge is 2.32. The maximum atomic E-state index is 12.8. The molecule has 0 heterocycles. The quantitative estimate of drug-likeness (QED) is 0.0852. The van der Waals surface area contributed by atoms with E-state index in [0.717, 1.165) is 0 Å². The molecule has 0 spiro atoms. The minimum absolute atomic E-state index is 0.0940. The van der Waals surface area contributed by atoms with Gasteiger partial charge in [0.25, 0.3) is 0 Å². The molecule has 4 amide bonds. The maximum Gasteiger partial charge on any atom is 0.328 e. The van der Waals surface area contributed by atoms with Gasteiger partial charge < -0.3 is 49.1 Å². The summed E-state index contributed by atoms with van der Waals surface area (Å²) in [7, 11) is 0. The summed E-state index contributed by atoms with van der Waals surface area (Å²) in [6, 6.07) is -5.16. The number of aliphatic hydroxyl groups excluding tert-OH is 1. The van der Waals surface area contributed by atoms with Crippen molar-refractivity contribution in [2.24, 2.45) is 22.9 Å². The standard InChI is InChI=1S/C20H39N7O7/c1-11(28)16(20(33)34)27-18(31)13(7-3-5-9-22)25-19(32)14(10-15(24)29)26-17(30)12(23)6-2-4-8-21/h11-14,16,28H,2-10,21-23H2,1H3,(H2,24,29)(H,25,32)(H,26,30)(H,27,31)(H,33,34). The number of carbonyl (C=O) groups excluding carboxylic acids is 4. The van der Waals surface area contributed by atoms with Crippen LogP contribution in [0.1, 0.15) is 51.9 Å². The Bertz CT molecular complexity index is 690. The predicted molar refractivity (Wildman–Crippen MR) is 123 cm³/mol. The van der Waals surface area contributed by atoms with Crippen LogP contribution in [0.2, 0.25) is 0 Å². The van der Waals surface area contributed by atoms with Crippen molar-refractivity contribution in [1.29, 1.82) is 0 Å². The highest BCUT2D eigenvalue weighted by atomic mass is 16.4. The van der Waals surface area contributed by atoms with Gasteiger partial charge in [0.05, 0.1) is 18.6 Å². The van der Waals surface area contributed by atoms with E-state index >= 15 is 0 Å². The first kappa shape index (κ1) is 31.2. The Morgan fingerprint density at radius 2 is 1.29 bits per heavy atom. The summed E-state index contributed by atoms with van der Waals surface area (Å²) in [5.41, 5.74) is 21.9. The van der Waals surface area contributed by atoms with E-state index in [9.17, 15) is 34.2 Å². The topological polar surface area (TPSA) is 266 Å². The molecule has 5 unspecified atom stereocenters. The van der Waals surface area contributed by atoms with Crippen LogP contribution in [0.5, 0.6) is 0 Å². The minimum atomic E-state index is -1.60. The van der Waals surface area contributed by atoms with Crippen molar-refractivity contribution in [3.63, 3.8) is 0 Å². The number of carbonyl (C=O) groups is 5. The van der Waals surface area contributed by atoms with Gasteiger partial charge in [0.2, 0.25) is 23.6 Å². The molecular formula is C20H39N7O7. The van der Waals surface area contributed by atoms with Gasteiger partial charge >= 0.3 is 5.97 Å². The van der Waals surface area contributed by atoms with E-state index in [2.05, 4.69) is 16.0 Å². The molecule has 0 aromatic rings. The number of unbranched alkanes of at least 4 members (excludes halogenated alkanes) is 2. The molecule has 0 aromatic carbocycles. The maximum absolute atomic E-state index is 12.8. The average molecular weight is 490 g/mol. The van der Waals surface area contributed by atoms with Gasteiger partial charge in [-0.25, -0.2) is 4.79 Å². The molecule has 0 bridgehead atoms. The lowest BCUT2D eigenvalue weighted by molar-refractivity contribution is -0.145. The lowest BCUT2D eigenvalue weighted by Crippen LogP contribution is -2.58. The molecule has 0 aromatic heterocycles. The fourth-order valence-electron chi connectivity index (χ4n) is 3.01. The lowest BCUT2D eigenvalue weighted by Gasteiger charge is -2.25. The molecule has 0 rings (SSSR count). The number of primary amides is 1. The zero-order valence-electron chi connectivity index (χ0n) is 19.5. The number of aliphatic carboxylic acids is 1. The Kier molecular flexibility index (Phi) is 15.4. The molecule has 0 radical (unpaired) electrons. The molecule has 0 saturated heterocycles. The molecule has 5 atom stereocenters. The monoisotopic (exact) mass is 489 g/mol. The number of nitrogens with one attached hydrogen (secondary N) is 3. The largest absolute Gasteiger partial charge is 0.480 e. The molecule has 0 aliphatic rings. The first-order valence-corrected chi connectivity index (χ1v) is 11.2. The van der Waals surface area contributed by atoms with E-state index in [0.29, 0.717) is 45.2 Å². The Hall–Kier alpha value is -2.81. The Balaban J connectivity index is 5.44. The van der Waals surface area contributed by atoms with E-state index in [4.69, 9.17) is 22.9 Å². The van der Waals surface area contributed by atoms with Crippen LogP contribution in [0, 0.1) is 0 Å². The highest BCUT2D eigenvalue weighted by Crippen LogP contribution is 2.06. The zero-order valence-corrected chi connectivity index (χ0v) is 19.5. The van der Waals surface area contributed by atoms with Gasteiger partial charge in [-0.05, 0) is 52.1 Å². The van der Waals surface area contributed by atoms with Crippen molar-refractivity contribution in [3.8, 4) is 0 Å². The van der Waals surface area contributed by atoms with Gasteiger partial charge in [0.15, 0.2) is 6.04 Å². The smallest absolute Gasteiger partial charge is 0.328 e. The van der Waals surface area contributed by atoms with Crippen LogP contribution in [-0.4, -0.2) is 83.2 Å². The molecule has 0 aliphatic heterocycles. The van der Waals surface area contributed by atoms with Crippen molar-refractivity contribution in [2.75, 3.05) is 13.1 Å². The van der Waals surface area contributed by atoms with Crippen molar-refractivity contribution in [1.82, 2.24) is 16.0 Å². The van der Waals surface area contributed by atoms with E-state index in [1.807, 2.05) is 0 Å². The third kappa shape index (κ3) is 12.4. The van der Waals surface area contributed by atoms with Crippen LogP contribution in [-0.2, 0) is 24.0 Å². The number of nitrogens with two attached hydrogens (primary N) is 4. The second kappa shape index (κ2) is 16.7. The number of carboxylic acid groups (broad SMARTS) is 1. The van der Waals surface area contributed by atoms with Crippen LogP contribution in [0.4, 0.5) is 0 Å². The van der Waals surface area contributed by atoms with Gasteiger partial charge in [-0.3, -0.25) is 19.2 Å². The number of amides is 4. The molecule has 14 heteroatoms. The summed E-state index contributed by atoms with van der Waals surface area (Å²) in [6.45, 7) is 1.96. The summed E-state index contributed by atoms with van der Waals surface area (Å²) in [4.78, 5) is 60.6. The molecule has 0 aliphatic carbocycles.